The van der Waals surface area contributed by atoms with Crippen molar-refractivity contribution in [1.29, 1.82) is 0 Å². The van der Waals surface area contributed by atoms with Crippen molar-refractivity contribution < 1.29 is 4.79 Å². The molecule has 1 aliphatic heterocycles. The third kappa shape index (κ3) is 3.07. The smallest absolute Gasteiger partial charge is 0.124 e. The molecule has 12 heavy (non-hydrogen) atoms. The van der Waals surface area contributed by atoms with E-state index in [-0.39, 0.29) is 5.92 Å². The fraction of sp³-hybridized carbons (Fsp3) is 0.667. The molecule has 1 rings (SSSR count). The minimum Gasteiger partial charge on any atom is -0.303 e. The topological polar surface area (TPSA) is 20.3 Å². The molecule has 0 radical (unpaired) electrons. The molecule has 0 aromatic heterocycles. The van der Waals surface area contributed by atoms with Crippen LogP contribution >= 0.6 is 15.9 Å². The molecular formula is C9H14BrNO. The number of likely N-dealkylation sites (tertiary alicyclic amines) is 1. The number of halogens is 1. The van der Waals surface area contributed by atoms with Gasteiger partial charge in [-0.1, -0.05) is 22.5 Å². The van der Waals surface area contributed by atoms with Gasteiger partial charge in [-0.05, 0) is 19.4 Å². The van der Waals surface area contributed by atoms with Crippen LogP contribution in [0.2, 0.25) is 0 Å². The van der Waals surface area contributed by atoms with E-state index >= 15 is 0 Å². The van der Waals surface area contributed by atoms with Gasteiger partial charge in [-0.2, -0.15) is 0 Å². The van der Waals surface area contributed by atoms with Crippen LogP contribution in [-0.2, 0) is 4.79 Å². The Balaban J connectivity index is 2.35. The highest BCUT2D eigenvalue weighted by molar-refractivity contribution is 9.11. The standard InChI is InChI=1S/C9H14BrNO/c1-8(10)5-11-4-2-3-9(6-11)7-12/h7,9H,1-6H2. The van der Waals surface area contributed by atoms with Crippen LogP contribution in [0.25, 0.3) is 0 Å². The van der Waals surface area contributed by atoms with Gasteiger partial charge in [0, 0.05) is 23.5 Å². The molecule has 0 spiro atoms. The van der Waals surface area contributed by atoms with Gasteiger partial charge in [0.05, 0.1) is 0 Å². The number of piperidine rings is 1. The van der Waals surface area contributed by atoms with Crippen LogP contribution in [0.3, 0.4) is 0 Å². The molecule has 0 aromatic rings. The first-order valence-corrected chi connectivity index (χ1v) is 5.02. The van der Waals surface area contributed by atoms with Crippen molar-refractivity contribution in [2.24, 2.45) is 5.92 Å². The summed E-state index contributed by atoms with van der Waals surface area (Å²) < 4.78 is 0.994. The maximum atomic E-state index is 10.5. The summed E-state index contributed by atoms with van der Waals surface area (Å²) in [4.78, 5) is 12.8. The molecule has 0 bridgehead atoms. The van der Waals surface area contributed by atoms with Gasteiger partial charge in [-0.15, -0.1) is 0 Å². The predicted molar refractivity (Wildman–Crippen MR) is 53.3 cm³/mol. The number of carbonyl (C=O) groups is 1. The maximum absolute atomic E-state index is 10.5. The van der Waals surface area contributed by atoms with Crippen LogP contribution in [0.15, 0.2) is 11.1 Å². The summed E-state index contributed by atoms with van der Waals surface area (Å²) in [5.41, 5.74) is 0. The first kappa shape index (κ1) is 9.93. The zero-order valence-electron chi connectivity index (χ0n) is 7.13. The van der Waals surface area contributed by atoms with Crippen LogP contribution < -0.4 is 0 Å². The van der Waals surface area contributed by atoms with Crippen molar-refractivity contribution in [3.05, 3.63) is 11.1 Å². The Hall–Kier alpha value is -0.150. The van der Waals surface area contributed by atoms with E-state index in [1.54, 1.807) is 0 Å². The Kier molecular flexibility index (Phi) is 3.95. The lowest BCUT2D eigenvalue weighted by molar-refractivity contribution is -0.112. The summed E-state index contributed by atoms with van der Waals surface area (Å²) in [6.45, 7) is 6.64. The van der Waals surface area contributed by atoms with E-state index in [1.165, 1.54) is 0 Å². The zero-order valence-corrected chi connectivity index (χ0v) is 8.72. The number of hydrogen-bond donors (Lipinski definition) is 0. The van der Waals surface area contributed by atoms with E-state index in [0.29, 0.717) is 0 Å². The quantitative estimate of drug-likeness (QED) is 0.691. The molecule has 1 aliphatic rings. The summed E-state index contributed by atoms with van der Waals surface area (Å²) in [7, 11) is 0. The number of nitrogens with zero attached hydrogens (tertiary/aromatic N) is 1. The second-order valence-corrected chi connectivity index (χ2v) is 4.41. The fourth-order valence-corrected chi connectivity index (χ4v) is 1.94. The molecule has 3 heteroatoms. The van der Waals surface area contributed by atoms with E-state index in [2.05, 4.69) is 27.4 Å². The van der Waals surface area contributed by atoms with Crippen LogP contribution in [-0.4, -0.2) is 30.8 Å². The van der Waals surface area contributed by atoms with Crippen LogP contribution in [0.4, 0.5) is 0 Å². The lowest BCUT2D eigenvalue weighted by Gasteiger charge is -2.29. The normalized spacial score (nSPS) is 25.2. The third-order valence-electron chi connectivity index (χ3n) is 2.13. The van der Waals surface area contributed by atoms with E-state index in [9.17, 15) is 4.79 Å². The molecule has 1 fully saturated rings. The molecule has 0 amide bonds. The van der Waals surface area contributed by atoms with Gasteiger partial charge in [-0.3, -0.25) is 4.90 Å². The first-order chi connectivity index (χ1) is 5.72. The minimum absolute atomic E-state index is 0.241. The number of hydrogen-bond acceptors (Lipinski definition) is 2. The van der Waals surface area contributed by atoms with E-state index < -0.39 is 0 Å². The number of aldehydes is 1. The van der Waals surface area contributed by atoms with Crippen molar-refractivity contribution in [3.8, 4) is 0 Å². The van der Waals surface area contributed by atoms with Gasteiger partial charge in [0.2, 0.25) is 0 Å². The second-order valence-electron chi connectivity index (χ2n) is 3.29. The second kappa shape index (κ2) is 4.77. The number of rotatable bonds is 3. The van der Waals surface area contributed by atoms with Gasteiger partial charge in [0.1, 0.15) is 6.29 Å². The van der Waals surface area contributed by atoms with Crippen molar-refractivity contribution in [1.82, 2.24) is 4.90 Å². The summed E-state index contributed by atoms with van der Waals surface area (Å²) in [5, 5.41) is 0. The Labute approximate surface area is 81.8 Å². The van der Waals surface area contributed by atoms with Gasteiger partial charge < -0.3 is 4.79 Å². The summed E-state index contributed by atoms with van der Waals surface area (Å²) in [5.74, 6) is 0.241. The van der Waals surface area contributed by atoms with Crippen molar-refractivity contribution >= 4 is 22.2 Å². The predicted octanol–water partition coefficient (Wildman–Crippen LogP) is 1.81. The van der Waals surface area contributed by atoms with Crippen molar-refractivity contribution in [2.75, 3.05) is 19.6 Å². The molecule has 0 aromatic carbocycles. The third-order valence-corrected chi connectivity index (χ3v) is 2.38. The fourth-order valence-electron chi connectivity index (χ4n) is 1.59. The molecule has 1 unspecified atom stereocenters. The Morgan fingerprint density at radius 2 is 2.50 bits per heavy atom. The molecule has 2 nitrogen and oxygen atoms in total. The van der Waals surface area contributed by atoms with E-state index in [4.69, 9.17) is 0 Å². The molecule has 0 saturated carbocycles. The average molecular weight is 232 g/mol. The van der Waals surface area contributed by atoms with E-state index in [0.717, 1.165) is 43.2 Å². The van der Waals surface area contributed by atoms with Crippen LogP contribution in [0.5, 0.6) is 0 Å². The Morgan fingerprint density at radius 3 is 3.08 bits per heavy atom. The zero-order chi connectivity index (χ0) is 8.97. The van der Waals surface area contributed by atoms with Crippen molar-refractivity contribution in [2.45, 2.75) is 12.8 Å². The first-order valence-electron chi connectivity index (χ1n) is 4.23. The van der Waals surface area contributed by atoms with Gasteiger partial charge in [-0.25, -0.2) is 0 Å². The highest BCUT2D eigenvalue weighted by atomic mass is 79.9. The van der Waals surface area contributed by atoms with Crippen LogP contribution in [0.1, 0.15) is 12.8 Å². The number of carbonyl (C=O) groups excluding carboxylic acids is 1. The summed E-state index contributed by atoms with van der Waals surface area (Å²) >= 11 is 3.33. The molecule has 1 atom stereocenters. The molecule has 1 saturated heterocycles. The maximum Gasteiger partial charge on any atom is 0.124 e. The highest BCUT2D eigenvalue weighted by Crippen LogP contribution is 2.16. The SMILES string of the molecule is C=C(Br)CN1CCCC(C=O)C1. The largest absolute Gasteiger partial charge is 0.303 e. The lowest BCUT2D eigenvalue weighted by Crippen LogP contribution is -2.36. The molecule has 68 valence electrons. The monoisotopic (exact) mass is 231 g/mol. The Morgan fingerprint density at radius 1 is 1.75 bits per heavy atom. The summed E-state index contributed by atoms with van der Waals surface area (Å²) in [6, 6.07) is 0. The van der Waals surface area contributed by atoms with E-state index in [1.807, 2.05) is 0 Å². The molecule has 1 heterocycles. The highest BCUT2D eigenvalue weighted by Gasteiger charge is 2.18. The van der Waals surface area contributed by atoms with Gasteiger partial charge >= 0.3 is 0 Å². The van der Waals surface area contributed by atoms with Gasteiger partial charge in [0.25, 0.3) is 0 Å². The average Bonchev–Trinajstić information content (AvgIpc) is 2.03. The van der Waals surface area contributed by atoms with Crippen LogP contribution in [0, 0.1) is 5.92 Å². The van der Waals surface area contributed by atoms with Gasteiger partial charge in [0.15, 0.2) is 0 Å². The minimum atomic E-state index is 0.241. The molecular weight excluding hydrogens is 218 g/mol. The molecule has 0 N–H and O–H groups in total. The molecule has 0 aliphatic carbocycles. The lowest BCUT2D eigenvalue weighted by atomic mass is 10.00. The Bertz CT molecular complexity index is 181. The summed E-state index contributed by atoms with van der Waals surface area (Å²) in [6.07, 6.45) is 3.25. The van der Waals surface area contributed by atoms with Crippen molar-refractivity contribution in [3.63, 3.8) is 0 Å².